The van der Waals surface area contributed by atoms with Crippen molar-refractivity contribution >= 4 is 0 Å². The Hall–Kier alpha value is -1.67. The number of aromatic nitrogens is 1. The van der Waals surface area contributed by atoms with Gasteiger partial charge in [-0.25, -0.2) is 0 Å². The van der Waals surface area contributed by atoms with Gasteiger partial charge < -0.3 is 5.73 Å². The van der Waals surface area contributed by atoms with E-state index in [2.05, 4.69) is 49.2 Å². The molecule has 0 aliphatic rings. The van der Waals surface area contributed by atoms with Gasteiger partial charge in [-0.2, -0.15) is 0 Å². The van der Waals surface area contributed by atoms with Crippen LogP contribution in [0.4, 0.5) is 0 Å². The number of pyridine rings is 1. The molecule has 18 heavy (non-hydrogen) atoms. The first-order valence-corrected chi connectivity index (χ1v) is 6.39. The van der Waals surface area contributed by atoms with Gasteiger partial charge in [0.1, 0.15) is 0 Å². The minimum Gasteiger partial charge on any atom is -0.323 e. The van der Waals surface area contributed by atoms with Gasteiger partial charge in [-0.3, -0.25) is 4.98 Å². The van der Waals surface area contributed by atoms with Crippen molar-refractivity contribution < 1.29 is 0 Å². The summed E-state index contributed by atoms with van der Waals surface area (Å²) in [5.74, 6) is 0. The van der Waals surface area contributed by atoms with E-state index in [0.717, 1.165) is 18.5 Å². The molecule has 2 nitrogen and oxygen atoms in total. The number of nitrogens with two attached hydrogens (primary N) is 1. The number of benzene rings is 1. The molecule has 1 aromatic carbocycles. The Morgan fingerprint density at radius 3 is 2.56 bits per heavy atom. The molecule has 0 spiro atoms. The van der Waals surface area contributed by atoms with Crippen LogP contribution in [0.1, 0.15) is 34.8 Å². The lowest BCUT2D eigenvalue weighted by Gasteiger charge is -2.14. The van der Waals surface area contributed by atoms with Crippen molar-refractivity contribution in [2.75, 3.05) is 0 Å². The number of hydrogen-bond acceptors (Lipinski definition) is 2. The predicted octanol–water partition coefficient (Wildman–Crippen LogP) is 3.33. The van der Waals surface area contributed by atoms with E-state index in [9.17, 15) is 0 Å². The molecule has 1 unspecified atom stereocenters. The van der Waals surface area contributed by atoms with E-state index in [4.69, 9.17) is 5.73 Å². The van der Waals surface area contributed by atoms with Crippen LogP contribution in [-0.4, -0.2) is 4.98 Å². The summed E-state index contributed by atoms with van der Waals surface area (Å²) in [6.07, 6.45) is 3.82. The molecule has 94 valence electrons. The van der Waals surface area contributed by atoms with E-state index in [1.807, 2.05) is 12.3 Å². The monoisotopic (exact) mass is 240 g/mol. The van der Waals surface area contributed by atoms with E-state index < -0.39 is 0 Å². The Morgan fingerprint density at radius 2 is 1.89 bits per heavy atom. The van der Waals surface area contributed by atoms with Crippen LogP contribution in [0, 0.1) is 13.8 Å². The Morgan fingerprint density at radius 1 is 1.17 bits per heavy atom. The van der Waals surface area contributed by atoms with Crippen LogP contribution in [0.2, 0.25) is 0 Å². The van der Waals surface area contributed by atoms with Crippen molar-refractivity contribution in [2.24, 2.45) is 5.73 Å². The minimum atomic E-state index is 0.0193. The zero-order valence-electron chi connectivity index (χ0n) is 11.1. The number of nitrogens with zero attached hydrogens (tertiary/aromatic N) is 1. The third-order valence-corrected chi connectivity index (χ3v) is 3.19. The van der Waals surface area contributed by atoms with Gasteiger partial charge in [0.2, 0.25) is 0 Å². The Labute approximate surface area is 109 Å². The molecule has 2 heteroatoms. The standard InChI is InChI=1S/C16H20N2/c1-12-10-13(2)16(18-11-12)15(17)9-8-14-6-4-3-5-7-14/h3-7,10-11,15H,8-9,17H2,1-2H3. The molecule has 1 aromatic heterocycles. The van der Waals surface area contributed by atoms with E-state index in [1.54, 1.807) is 0 Å². The molecular weight excluding hydrogens is 220 g/mol. The van der Waals surface area contributed by atoms with Crippen LogP contribution >= 0.6 is 0 Å². The molecule has 0 aliphatic heterocycles. The second-order valence-corrected chi connectivity index (χ2v) is 4.85. The van der Waals surface area contributed by atoms with Gasteiger partial charge in [0.05, 0.1) is 5.69 Å². The highest BCUT2D eigenvalue weighted by Gasteiger charge is 2.10. The molecule has 2 aromatic rings. The molecule has 0 saturated heterocycles. The normalized spacial score (nSPS) is 12.4. The fraction of sp³-hybridized carbons (Fsp3) is 0.312. The largest absolute Gasteiger partial charge is 0.323 e. The smallest absolute Gasteiger partial charge is 0.0600 e. The van der Waals surface area contributed by atoms with Gasteiger partial charge in [0, 0.05) is 12.2 Å². The summed E-state index contributed by atoms with van der Waals surface area (Å²) in [6, 6.07) is 12.6. The SMILES string of the molecule is Cc1cnc(C(N)CCc2ccccc2)c(C)c1. The van der Waals surface area contributed by atoms with Gasteiger partial charge >= 0.3 is 0 Å². The fourth-order valence-electron chi connectivity index (χ4n) is 2.22. The van der Waals surface area contributed by atoms with Crippen LogP contribution in [0.3, 0.4) is 0 Å². The van der Waals surface area contributed by atoms with Gasteiger partial charge in [-0.1, -0.05) is 36.4 Å². The predicted molar refractivity (Wildman–Crippen MR) is 75.4 cm³/mol. The fourth-order valence-corrected chi connectivity index (χ4v) is 2.22. The summed E-state index contributed by atoms with van der Waals surface area (Å²) in [5.41, 5.74) is 11.0. The first-order chi connectivity index (χ1) is 8.66. The van der Waals surface area contributed by atoms with Crippen molar-refractivity contribution in [2.45, 2.75) is 32.7 Å². The summed E-state index contributed by atoms with van der Waals surface area (Å²) in [6.45, 7) is 4.14. The average molecular weight is 240 g/mol. The zero-order valence-corrected chi connectivity index (χ0v) is 11.1. The molecular formula is C16H20N2. The zero-order chi connectivity index (χ0) is 13.0. The van der Waals surface area contributed by atoms with E-state index in [0.29, 0.717) is 0 Å². The van der Waals surface area contributed by atoms with Gasteiger partial charge in [-0.15, -0.1) is 0 Å². The third kappa shape index (κ3) is 3.17. The number of aryl methyl sites for hydroxylation is 3. The lowest BCUT2D eigenvalue weighted by molar-refractivity contribution is 0.628. The molecule has 1 heterocycles. The van der Waals surface area contributed by atoms with Crippen LogP contribution < -0.4 is 5.73 Å². The maximum atomic E-state index is 6.23. The second-order valence-electron chi connectivity index (χ2n) is 4.85. The number of hydrogen-bond donors (Lipinski definition) is 1. The second kappa shape index (κ2) is 5.78. The molecule has 0 saturated carbocycles. The highest BCUT2D eigenvalue weighted by atomic mass is 14.8. The topological polar surface area (TPSA) is 38.9 Å². The Balaban J connectivity index is 2.01. The molecule has 0 fully saturated rings. The van der Waals surface area contributed by atoms with E-state index in [1.165, 1.54) is 16.7 Å². The van der Waals surface area contributed by atoms with Crippen LogP contribution in [0.15, 0.2) is 42.6 Å². The Kier molecular flexibility index (Phi) is 4.11. The summed E-state index contributed by atoms with van der Waals surface area (Å²) in [5, 5.41) is 0. The molecule has 0 radical (unpaired) electrons. The quantitative estimate of drug-likeness (QED) is 0.890. The number of rotatable bonds is 4. The molecule has 0 bridgehead atoms. The van der Waals surface area contributed by atoms with Crippen LogP contribution in [-0.2, 0) is 6.42 Å². The summed E-state index contributed by atoms with van der Waals surface area (Å²) < 4.78 is 0. The maximum absolute atomic E-state index is 6.23. The van der Waals surface area contributed by atoms with Crippen LogP contribution in [0.25, 0.3) is 0 Å². The minimum absolute atomic E-state index is 0.0193. The van der Waals surface area contributed by atoms with Crippen molar-refractivity contribution in [3.63, 3.8) is 0 Å². The van der Waals surface area contributed by atoms with Crippen molar-refractivity contribution in [3.8, 4) is 0 Å². The molecule has 0 amide bonds. The molecule has 2 N–H and O–H groups in total. The van der Waals surface area contributed by atoms with Crippen molar-refractivity contribution in [3.05, 3.63) is 65.0 Å². The average Bonchev–Trinajstić information content (AvgIpc) is 2.37. The highest BCUT2D eigenvalue weighted by Crippen LogP contribution is 2.18. The summed E-state index contributed by atoms with van der Waals surface area (Å²) in [7, 11) is 0. The maximum Gasteiger partial charge on any atom is 0.0600 e. The van der Waals surface area contributed by atoms with Crippen LogP contribution in [0.5, 0.6) is 0 Å². The first kappa shape index (κ1) is 12.8. The Bertz CT molecular complexity index is 506. The molecule has 0 aliphatic carbocycles. The van der Waals surface area contributed by atoms with Gasteiger partial charge in [-0.05, 0) is 43.4 Å². The first-order valence-electron chi connectivity index (χ1n) is 6.39. The highest BCUT2D eigenvalue weighted by molar-refractivity contribution is 5.25. The summed E-state index contributed by atoms with van der Waals surface area (Å²) in [4.78, 5) is 4.47. The van der Waals surface area contributed by atoms with E-state index >= 15 is 0 Å². The van der Waals surface area contributed by atoms with Crippen molar-refractivity contribution in [1.82, 2.24) is 4.98 Å². The third-order valence-electron chi connectivity index (χ3n) is 3.19. The van der Waals surface area contributed by atoms with E-state index in [-0.39, 0.29) is 6.04 Å². The van der Waals surface area contributed by atoms with Gasteiger partial charge in [0.15, 0.2) is 0 Å². The lowest BCUT2D eigenvalue weighted by Crippen LogP contribution is -2.14. The van der Waals surface area contributed by atoms with Gasteiger partial charge in [0.25, 0.3) is 0 Å². The van der Waals surface area contributed by atoms with Crippen molar-refractivity contribution in [1.29, 1.82) is 0 Å². The molecule has 1 atom stereocenters. The lowest BCUT2D eigenvalue weighted by atomic mass is 10.0. The molecule has 2 rings (SSSR count). The summed E-state index contributed by atoms with van der Waals surface area (Å²) >= 11 is 0.